The number of rotatable bonds is 9. The van der Waals surface area contributed by atoms with Gasteiger partial charge in [-0.25, -0.2) is 0 Å². The Hall–Kier alpha value is -0.0800. The van der Waals surface area contributed by atoms with Crippen molar-refractivity contribution in [1.29, 1.82) is 0 Å². The van der Waals surface area contributed by atoms with E-state index in [9.17, 15) is 0 Å². The molecule has 0 saturated carbocycles. The lowest BCUT2D eigenvalue weighted by atomic mass is 9.97. The Morgan fingerprint density at radius 3 is 2.76 bits per heavy atom. The lowest BCUT2D eigenvalue weighted by molar-refractivity contribution is 0.0987. The molecular weight excluding hydrogens is 210 g/mol. The van der Waals surface area contributed by atoms with Crippen molar-refractivity contribution >= 4 is 0 Å². The van der Waals surface area contributed by atoms with E-state index >= 15 is 0 Å². The molecule has 1 saturated heterocycles. The smallest absolute Gasteiger partial charge is 0.0576 e. The molecule has 1 N–H and O–H groups in total. The SMILES string of the molecule is CCCCNC(CCC1CCCO1)CC(C)C. The van der Waals surface area contributed by atoms with Crippen molar-refractivity contribution in [3.05, 3.63) is 0 Å². The maximum Gasteiger partial charge on any atom is 0.0576 e. The highest BCUT2D eigenvalue weighted by Crippen LogP contribution is 2.19. The molecule has 0 radical (unpaired) electrons. The van der Waals surface area contributed by atoms with Gasteiger partial charge in [-0.15, -0.1) is 0 Å². The molecule has 102 valence electrons. The fourth-order valence-electron chi connectivity index (χ4n) is 2.61. The summed E-state index contributed by atoms with van der Waals surface area (Å²) < 4.78 is 5.71. The van der Waals surface area contributed by atoms with Crippen LogP contribution in [0.1, 0.15) is 65.7 Å². The van der Waals surface area contributed by atoms with Crippen LogP contribution in [0.2, 0.25) is 0 Å². The molecule has 1 heterocycles. The van der Waals surface area contributed by atoms with Gasteiger partial charge in [-0.3, -0.25) is 0 Å². The third-order valence-corrected chi connectivity index (χ3v) is 3.58. The molecule has 2 atom stereocenters. The molecule has 1 fully saturated rings. The average molecular weight is 241 g/mol. The first kappa shape index (κ1) is 15.0. The van der Waals surface area contributed by atoms with Gasteiger partial charge in [0.25, 0.3) is 0 Å². The van der Waals surface area contributed by atoms with Crippen LogP contribution in [0.15, 0.2) is 0 Å². The monoisotopic (exact) mass is 241 g/mol. The molecule has 17 heavy (non-hydrogen) atoms. The molecule has 2 nitrogen and oxygen atoms in total. The van der Waals surface area contributed by atoms with Gasteiger partial charge in [0.2, 0.25) is 0 Å². The van der Waals surface area contributed by atoms with Crippen LogP contribution in [0.5, 0.6) is 0 Å². The molecule has 1 rings (SSSR count). The van der Waals surface area contributed by atoms with Crippen molar-refractivity contribution in [3.8, 4) is 0 Å². The van der Waals surface area contributed by atoms with Crippen molar-refractivity contribution in [2.45, 2.75) is 77.9 Å². The summed E-state index contributed by atoms with van der Waals surface area (Å²) in [5, 5.41) is 3.72. The van der Waals surface area contributed by atoms with Gasteiger partial charge in [0, 0.05) is 12.6 Å². The van der Waals surface area contributed by atoms with Gasteiger partial charge in [0.15, 0.2) is 0 Å². The predicted octanol–water partition coefficient (Wildman–Crippen LogP) is 3.75. The highest BCUT2D eigenvalue weighted by molar-refractivity contribution is 4.73. The minimum atomic E-state index is 0.553. The van der Waals surface area contributed by atoms with Gasteiger partial charge >= 0.3 is 0 Å². The van der Waals surface area contributed by atoms with E-state index in [1.807, 2.05) is 0 Å². The Morgan fingerprint density at radius 1 is 1.35 bits per heavy atom. The van der Waals surface area contributed by atoms with Crippen molar-refractivity contribution in [2.75, 3.05) is 13.2 Å². The van der Waals surface area contributed by atoms with E-state index in [2.05, 4.69) is 26.1 Å². The Kier molecular flexibility index (Phi) is 7.87. The van der Waals surface area contributed by atoms with E-state index in [4.69, 9.17) is 4.74 Å². The summed E-state index contributed by atoms with van der Waals surface area (Å²) >= 11 is 0. The van der Waals surface area contributed by atoms with Gasteiger partial charge in [-0.1, -0.05) is 27.2 Å². The van der Waals surface area contributed by atoms with Gasteiger partial charge < -0.3 is 10.1 Å². The number of unbranched alkanes of at least 4 members (excludes halogenated alkanes) is 1. The fourth-order valence-corrected chi connectivity index (χ4v) is 2.61. The van der Waals surface area contributed by atoms with Crippen molar-refractivity contribution in [1.82, 2.24) is 5.32 Å². The van der Waals surface area contributed by atoms with Gasteiger partial charge in [-0.2, -0.15) is 0 Å². The maximum absolute atomic E-state index is 5.71. The Morgan fingerprint density at radius 2 is 2.18 bits per heavy atom. The second-order valence-electron chi connectivity index (χ2n) is 5.85. The lowest BCUT2D eigenvalue weighted by Gasteiger charge is -2.22. The molecule has 0 aliphatic carbocycles. The molecular formula is C15H31NO. The van der Waals surface area contributed by atoms with E-state index in [1.54, 1.807) is 0 Å². The van der Waals surface area contributed by atoms with Crippen LogP contribution in [-0.2, 0) is 4.74 Å². The molecule has 1 aliphatic heterocycles. The minimum Gasteiger partial charge on any atom is -0.378 e. The number of hydrogen-bond acceptors (Lipinski definition) is 2. The molecule has 0 aromatic heterocycles. The van der Waals surface area contributed by atoms with E-state index in [1.165, 1.54) is 51.5 Å². The summed E-state index contributed by atoms with van der Waals surface area (Å²) in [7, 11) is 0. The van der Waals surface area contributed by atoms with Crippen molar-refractivity contribution in [2.24, 2.45) is 5.92 Å². The summed E-state index contributed by atoms with van der Waals surface area (Å²) in [5.41, 5.74) is 0. The Bertz CT molecular complexity index is 176. The molecule has 2 heteroatoms. The first-order chi connectivity index (χ1) is 8.22. The highest BCUT2D eigenvalue weighted by atomic mass is 16.5. The summed E-state index contributed by atoms with van der Waals surface area (Å²) in [4.78, 5) is 0. The zero-order chi connectivity index (χ0) is 12.5. The molecule has 0 aromatic rings. The van der Waals surface area contributed by atoms with E-state index < -0.39 is 0 Å². The highest BCUT2D eigenvalue weighted by Gasteiger charge is 2.18. The molecule has 0 amide bonds. The van der Waals surface area contributed by atoms with Crippen LogP contribution in [0.4, 0.5) is 0 Å². The Labute approximate surface area is 108 Å². The molecule has 0 bridgehead atoms. The summed E-state index contributed by atoms with van der Waals surface area (Å²) in [6.07, 6.45) is 9.52. The van der Waals surface area contributed by atoms with Crippen LogP contribution in [0.25, 0.3) is 0 Å². The zero-order valence-electron chi connectivity index (χ0n) is 12.0. The topological polar surface area (TPSA) is 21.3 Å². The van der Waals surface area contributed by atoms with E-state index in [-0.39, 0.29) is 0 Å². The van der Waals surface area contributed by atoms with Crippen LogP contribution >= 0.6 is 0 Å². The molecule has 2 unspecified atom stereocenters. The van der Waals surface area contributed by atoms with Crippen molar-refractivity contribution < 1.29 is 4.74 Å². The van der Waals surface area contributed by atoms with Crippen molar-refractivity contribution in [3.63, 3.8) is 0 Å². The first-order valence-electron chi connectivity index (χ1n) is 7.57. The fraction of sp³-hybridized carbons (Fsp3) is 1.00. The third kappa shape index (κ3) is 7.05. The third-order valence-electron chi connectivity index (χ3n) is 3.58. The minimum absolute atomic E-state index is 0.553. The van der Waals surface area contributed by atoms with Gasteiger partial charge in [0.05, 0.1) is 6.10 Å². The maximum atomic E-state index is 5.71. The van der Waals surface area contributed by atoms with Gasteiger partial charge in [0.1, 0.15) is 0 Å². The van der Waals surface area contributed by atoms with E-state index in [0.717, 1.165) is 12.5 Å². The number of ether oxygens (including phenoxy) is 1. The summed E-state index contributed by atoms with van der Waals surface area (Å²) in [5.74, 6) is 0.790. The Balaban J connectivity index is 2.18. The molecule has 0 spiro atoms. The summed E-state index contributed by atoms with van der Waals surface area (Å²) in [6, 6.07) is 0.700. The number of hydrogen-bond donors (Lipinski definition) is 1. The number of nitrogens with one attached hydrogen (secondary N) is 1. The zero-order valence-corrected chi connectivity index (χ0v) is 12.0. The largest absolute Gasteiger partial charge is 0.378 e. The summed E-state index contributed by atoms with van der Waals surface area (Å²) in [6.45, 7) is 9.06. The normalized spacial score (nSPS) is 22.2. The lowest BCUT2D eigenvalue weighted by Crippen LogP contribution is -2.32. The molecule has 1 aliphatic rings. The van der Waals surface area contributed by atoms with E-state index in [0.29, 0.717) is 12.1 Å². The van der Waals surface area contributed by atoms with Crippen LogP contribution in [0.3, 0.4) is 0 Å². The molecule has 0 aromatic carbocycles. The first-order valence-corrected chi connectivity index (χ1v) is 7.57. The van der Waals surface area contributed by atoms with Gasteiger partial charge in [-0.05, 0) is 51.0 Å². The van der Waals surface area contributed by atoms with Crippen LogP contribution < -0.4 is 5.32 Å². The average Bonchev–Trinajstić information content (AvgIpc) is 2.78. The predicted molar refractivity (Wildman–Crippen MR) is 74.4 cm³/mol. The standard InChI is InChI=1S/C15H31NO/c1-4-5-10-16-14(12-13(2)3)8-9-15-7-6-11-17-15/h13-16H,4-12H2,1-3H3. The second kappa shape index (κ2) is 8.93. The quantitative estimate of drug-likeness (QED) is 0.621. The van der Waals surface area contributed by atoms with Crippen LogP contribution in [0, 0.1) is 5.92 Å². The van der Waals surface area contributed by atoms with Crippen LogP contribution in [-0.4, -0.2) is 25.3 Å². The second-order valence-corrected chi connectivity index (χ2v) is 5.85.